The molecule has 0 aromatic carbocycles. The second kappa shape index (κ2) is 6.37. The first-order valence-corrected chi connectivity index (χ1v) is 6.83. The number of hydrogen-bond donors (Lipinski definition) is 0. The monoisotopic (exact) mass is 254 g/mol. The van der Waals surface area contributed by atoms with E-state index in [1.807, 2.05) is 20.8 Å². The molecule has 3 nitrogen and oxygen atoms in total. The van der Waals surface area contributed by atoms with Crippen molar-refractivity contribution < 1.29 is 14.3 Å². The first kappa shape index (κ1) is 15.2. The zero-order chi connectivity index (χ0) is 13.8. The second-order valence-corrected chi connectivity index (χ2v) is 6.09. The average Bonchev–Trinajstić information content (AvgIpc) is 3.06. The van der Waals surface area contributed by atoms with E-state index in [9.17, 15) is 4.79 Å². The van der Waals surface area contributed by atoms with Crippen LogP contribution in [-0.2, 0) is 14.3 Å². The fourth-order valence-corrected chi connectivity index (χ4v) is 1.64. The van der Waals surface area contributed by atoms with Crippen LogP contribution in [0.2, 0.25) is 0 Å². The SMILES string of the molecule is CC(C)C=CC(C)OC(C)(C)COC(=O)C1CC1. The number of hydrogen-bond acceptors (Lipinski definition) is 3. The van der Waals surface area contributed by atoms with Crippen molar-refractivity contribution >= 4 is 5.97 Å². The smallest absolute Gasteiger partial charge is 0.309 e. The van der Waals surface area contributed by atoms with E-state index in [1.54, 1.807) is 0 Å². The summed E-state index contributed by atoms with van der Waals surface area (Å²) >= 11 is 0. The average molecular weight is 254 g/mol. The molecule has 0 spiro atoms. The molecule has 0 aromatic heterocycles. The third-order valence-corrected chi connectivity index (χ3v) is 2.74. The maximum Gasteiger partial charge on any atom is 0.309 e. The molecule has 18 heavy (non-hydrogen) atoms. The minimum atomic E-state index is -0.439. The number of carbonyl (C=O) groups excluding carboxylic acids is 1. The maximum atomic E-state index is 11.5. The van der Waals surface area contributed by atoms with Gasteiger partial charge in [0, 0.05) is 0 Å². The van der Waals surface area contributed by atoms with Crippen LogP contribution in [0.3, 0.4) is 0 Å². The molecule has 0 bridgehead atoms. The summed E-state index contributed by atoms with van der Waals surface area (Å²) in [6.45, 7) is 10.5. The van der Waals surface area contributed by atoms with Crippen molar-refractivity contribution in [2.75, 3.05) is 6.61 Å². The largest absolute Gasteiger partial charge is 0.462 e. The highest BCUT2D eigenvalue weighted by Crippen LogP contribution is 2.30. The van der Waals surface area contributed by atoms with Gasteiger partial charge in [-0.15, -0.1) is 0 Å². The Balaban J connectivity index is 2.30. The van der Waals surface area contributed by atoms with Crippen molar-refractivity contribution in [3.05, 3.63) is 12.2 Å². The molecule has 0 saturated heterocycles. The molecule has 1 fully saturated rings. The van der Waals surface area contributed by atoms with Crippen LogP contribution in [0.1, 0.15) is 47.5 Å². The highest BCUT2D eigenvalue weighted by Gasteiger charge is 2.33. The van der Waals surface area contributed by atoms with Crippen LogP contribution in [0.4, 0.5) is 0 Å². The standard InChI is InChI=1S/C15H26O3/c1-11(2)6-7-12(3)18-15(4,5)10-17-14(16)13-8-9-13/h6-7,11-13H,8-10H2,1-5H3. The predicted octanol–water partition coefficient (Wildman–Crippen LogP) is 3.34. The zero-order valence-corrected chi connectivity index (χ0v) is 12.2. The number of carbonyl (C=O) groups is 1. The Morgan fingerprint density at radius 2 is 1.89 bits per heavy atom. The lowest BCUT2D eigenvalue weighted by Gasteiger charge is -2.27. The molecule has 1 aliphatic rings. The minimum absolute atomic E-state index is 0.0297. The van der Waals surface area contributed by atoms with E-state index in [2.05, 4.69) is 26.0 Å². The molecule has 1 rings (SSSR count). The minimum Gasteiger partial charge on any atom is -0.462 e. The first-order chi connectivity index (χ1) is 8.30. The normalized spacial score (nSPS) is 18.3. The van der Waals surface area contributed by atoms with Crippen LogP contribution in [-0.4, -0.2) is 24.3 Å². The van der Waals surface area contributed by atoms with Crippen LogP contribution in [0, 0.1) is 11.8 Å². The van der Waals surface area contributed by atoms with Gasteiger partial charge in [-0.25, -0.2) is 0 Å². The Morgan fingerprint density at radius 1 is 1.28 bits per heavy atom. The van der Waals surface area contributed by atoms with Crippen molar-refractivity contribution in [2.45, 2.75) is 59.2 Å². The molecule has 1 atom stereocenters. The number of esters is 1. The van der Waals surface area contributed by atoms with E-state index in [4.69, 9.17) is 9.47 Å². The van der Waals surface area contributed by atoms with Crippen LogP contribution in [0.15, 0.2) is 12.2 Å². The quantitative estimate of drug-likeness (QED) is 0.516. The Bertz CT molecular complexity index is 301. The van der Waals surface area contributed by atoms with Gasteiger partial charge in [0.2, 0.25) is 0 Å². The highest BCUT2D eigenvalue weighted by atomic mass is 16.6. The van der Waals surface area contributed by atoms with Gasteiger partial charge >= 0.3 is 5.97 Å². The summed E-state index contributed by atoms with van der Waals surface area (Å²) in [4.78, 5) is 11.5. The molecule has 1 aliphatic carbocycles. The predicted molar refractivity (Wildman–Crippen MR) is 72.3 cm³/mol. The van der Waals surface area contributed by atoms with Gasteiger partial charge in [0.25, 0.3) is 0 Å². The van der Waals surface area contributed by atoms with Crippen molar-refractivity contribution in [1.29, 1.82) is 0 Å². The van der Waals surface area contributed by atoms with E-state index in [0.29, 0.717) is 12.5 Å². The molecule has 0 aromatic rings. The van der Waals surface area contributed by atoms with Crippen molar-refractivity contribution in [1.82, 2.24) is 0 Å². The molecule has 3 heteroatoms. The van der Waals surface area contributed by atoms with Gasteiger partial charge in [0.15, 0.2) is 0 Å². The Kier molecular flexibility index (Phi) is 5.39. The Morgan fingerprint density at radius 3 is 2.39 bits per heavy atom. The van der Waals surface area contributed by atoms with Crippen molar-refractivity contribution in [2.24, 2.45) is 11.8 Å². The number of rotatable bonds is 7. The van der Waals surface area contributed by atoms with Crippen LogP contribution in [0.25, 0.3) is 0 Å². The van der Waals surface area contributed by atoms with Gasteiger partial charge in [-0.2, -0.15) is 0 Å². The van der Waals surface area contributed by atoms with Gasteiger partial charge in [-0.05, 0) is 39.5 Å². The third-order valence-electron chi connectivity index (χ3n) is 2.74. The Hall–Kier alpha value is -0.830. The molecule has 104 valence electrons. The summed E-state index contributed by atoms with van der Waals surface area (Å²) in [5, 5.41) is 0. The summed E-state index contributed by atoms with van der Waals surface area (Å²) in [7, 11) is 0. The molecule has 1 saturated carbocycles. The molecule has 0 aliphatic heterocycles. The van der Waals surface area contributed by atoms with Gasteiger partial charge < -0.3 is 9.47 Å². The van der Waals surface area contributed by atoms with Gasteiger partial charge in [-0.3, -0.25) is 4.79 Å². The van der Waals surface area contributed by atoms with Crippen LogP contribution >= 0.6 is 0 Å². The van der Waals surface area contributed by atoms with Crippen LogP contribution in [0.5, 0.6) is 0 Å². The van der Waals surface area contributed by atoms with Gasteiger partial charge in [-0.1, -0.05) is 26.0 Å². The van der Waals surface area contributed by atoms with Gasteiger partial charge in [0.1, 0.15) is 6.61 Å². The topological polar surface area (TPSA) is 35.5 Å². The van der Waals surface area contributed by atoms with E-state index in [1.165, 1.54) is 0 Å². The van der Waals surface area contributed by atoms with E-state index < -0.39 is 5.60 Å². The fourth-order valence-electron chi connectivity index (χ4n) is 1.64. The summed E-state index contributed by atoms with van der Waals surface area (Å²) in [6.07, 6.45) is 6.16. The lowest BCUT2D eigenvalue weighted by molar-refractivity contribution is -0.156. The van der Waals surface area contributed by atoms with Gasteiger partial charge in [0.05, 0.1) is 17.6 Å². The first-order valence-electron chi connectivity index (χ1n) is 6.83. The summed E-state index contributed by atoms with van der Waals surface area (Å²) in [5.74, 6) is 0.600. The number of allylic oxidation sites excluding steroid dienone is 1. The molecule has 0 amide bonds. The second-order valence-electron chi connectivity index (χ2n) is 6.09. The molecule has 0 N–H and O–H groups in total. The van der Waals surface area contributed by atoms with Crippen molar-refractivity contribution in [3.63, 3.8) is 0 Å². The van der Waals surface area contributed by atoms with E-state index in [-0.39, 0.29) is 18.0 Å². The maximum absolute atomic E-state index is 11.5. The summed E-state index contributed by atoms with van der Waals surface area (Å²) in [6, 6.07) is 0. The Labute approximate surface area is 111 Å². The van der Waals surface area contributed by atoms with Crippen molar-refractivity contribution in [3.8, 4) is 0 Å². The van der Waals surface area contributed by atoms with Crippen LogP contribution < -0.4 is 0 Å². The molecule has 0 heterocycles. The lowest BCUT2D eigenvalue weighted by atomic mass is 10.1. The fraction of sp³-hybridized carbons (Fsp3) is 0.800. The molecule has 1 unspecified atom stereocenters. The summed E-state index contributed by atoms with van der Waals surface area (Å²) in [5.41, 5.74) is -0.439. The zero-order valence-electron chi connectivity index (χ0n) is 12.2. The number of ether oxygens (including phenoxy) is 2. The lowest BCUT2D eigenvalue weighted by Crippen LogP contribution is -2.35. The van der Waals surface area contributed by atoms with E-state index in [0.717, 1.165) is 12.8 Å². The molecular weight excluding hydrogens is 228 g/mol. The van der Waals surface area contributed by atoms with E-state index >= 15 is 0 Å². The summed E-state index contributed by atoms with van der Waals surface area (Å²) < 4.78 is 11.1. The highest BCUT2D eigenvalue weighted by molar-refractivity contribution is 5.74. The molecule has 0 radical (unpaired) electrons. The third kappa shape index (κ3) is 6.20. The molecular formula is C15H26O3.